The second kappa shape index (κ2) is 10.7. The van der Waals surface area contributed by atoms with Crippen molar-refractivity contribution in [2.24, 2.45) is 0 Å². The molecule has 1 saturated heterocycles. The van der Waals surface area contributed by atoms with Gasteiger partial charge in [-0.1, -0.05) is 17.7 Å². The highest BCUT2D eigenvalue weighted by molar-refractivity contribution is 6.31. The van der Waals surface area contributed by atoms with E-state index in [1.165, 1.54) is 0 Å². The van der Waals surface area contributed by atoms with Gasteiger partial charge in [-0.25, -0.2) is 0 Å². The van der Waals surface area contributed by atoms with Gasteiger partial charge in [0.1, 0.15) is 0 Å². The highest BCUT2D eigenvalue weighted by Crippen LogP contribution is 2.20. The van der Waals surface area contributed by atoms with Crippen LogP contribution in [0, 0.1) is 6.92 Å². The number of nitrogens with zero attached hydrogens (tertiary/aromatic N) is 2. The second-order valence-corrected chi connectivity index (χ2v) is 7.11. The van der Waals surface area contributed by atoms with Crippen LogP contribution in [0.25, 0.3) is 0 Å². The number of aliphatic carboxylic acids is 1. The lowest BCUT2D eigenvalue weighted by Gasteiger charge is -2.25. The molecule has 8 heteroatoms. The molecule has 6 nitrogen and oxygen atoms in total. The Morgan fingerprint density at radius 2 is 2.08 bits per heavy atom. The zero-order valence-electron chi connectivity index (χ0n) is 15.2. The maximum absolute atomic E-state index is 12.3. The third-order valence-electron chi connectivity index (χ3n) is 4.64. The molecule has 1 atom stereocenters. The molecule has 0 spiro atoms. The summed E-state index contributed by atoms with van der Waals surface area (Å²) in [5.74, 6) is -0.859. The third-order valence-corrected chi connectivity index (χ3v) is 4.87. The molecule has 1 aromatic carbocycles. The molecular weight excluding hydrogens is 377 g/mol. The number of benzene rings is 1. The lowest BCUT2D eigenvalue weighted by atomic mass is 10.1. The lowest BCUT2D eigenvalue weighted by Crippen LogP contribution is -2.37. The van der Waals surface area contributed by atoms with Crippen LogP contribution >= 0.6 is 24.0 Å². The van der Waals surface area contributed by atoms with Crippen molar-refractivity contribution >= 4 is 41.6 Å². The molecule has 1 aliphatic heterocycles. The molecule has 2 rings (SSSR count). The van der Waals surface area contributed by atoms with Crippen LogP contribution in [0.5, 0.6) is 0 Å². The molecule has 1 aliphatic rings. The van der Waals surface area contributed by atoms with Crippen molar-refractivity contribution < 1.29 is 14.7 Å². The maximum atomic E-state index is 12.3. The SMILES string of the molecule is Cc1ccc(Cl)cc1NC(=O)CN1CCCC(N(C)CC(=O)O)CC1.Cl. The van der Waals surface area contributed by atoms with E-state index in [0.717, 1.165) is 43.6 Å². The summed E-state index contributed by atoms with van der Waals surface area (Å²) in [5.41, 5.74) is 1.72. The number of hydrogen-bond acceptors (Lipinski definition) is 4. The number of amides is 1. The number of halogens is 2. The van der Waals surface area contributed by atoms with Gasteiger partial charge in [0.05, 0.1) is 13.1 Å². The van der Waals surface area contributed by atoms with Gasteiger partial charge < -0.3 is 10.4 Å². The quantitative estimate of drug-likeness (QED) is 0.763. The van der Waals surface area contributed by atoms with Crippen molar-refractivity contribution in [3.05, 3.63) is 28.8 Å². The van der Waals surface area contributed by atoms with Crippen LogP contribution in [-0.2, 0) is 9.59 Å². The molecule has 26 heavy (non-hydrogen) atoms. The first-order chi connectivity index (χ1) is 11.8. The number of hydrogen-bond donors (Lipinski definition) is 2. The van der Waals surface area contributed by atoms with Gasteiger partial charge in [0.15, 0.2) is 0 Å². The van der Waals surface area contributed by atoms with Gasteiger partial charge >= 0.3 is 5.97 Å². The van der Waals surface area contributed by atoms with Gasteiger partial charge in [-0.3, -0.25) is 19.4 Å². The Morgan fingerprint density at radius 1 is 1.35 bits per heavy atom. The Hall–Kier alpha value is -1.34. The van der Waals surface area contributed by atoms with E-state index in [2.05, 4.69) is 10.2 Å². The zero-order chi connectivity index (χ0) is 18.4. The number of rotatable bonds is 6. The summed E-state index contributed by atoms with van der Waals surface area (Å²) in [4.78, 5) is 27.2. The first-order valence-electron chi connectivity index (χ1n) is 8.55. The smallest absolute Gasteiger partial charge is 0.317 e. The molecule has 0 radical (unpaired) electrons. The average Bonchev–Trinajstić information content (AvgIpc) is 2.76. The summed E-state index contributed by atoms with van der Waals surface area (Å²) in [5, 5.41) is 12.4. The van der Waals surface area contributed by atoms with E-state index in [4.69, 9.17) is 16.7 Å². The Kier molecular flexibility index (Phi) is 9.36. The largest absolute Gasteiger partial charge is 0.480 e. The lowest BCUT2D eigenvalue weighted by molar-refractivity contribution is -0.138. The molecule has 2 N–H and O–H groups in total. The molecule has 1 aromatic rings. The third kappa shape index (κ3) is 7.11. The van der Waals surface area contributed by atoms with Crippen molar-refractivity contribution in [3.8, 4) is 0 Å². The number of carbonyl (C=O) groups is 2. The molecule has 0 aromatic heterocycles. The van der Waals surface area contributed by atoms with Crippen LogP contribution in [0.4, 0.5) is 5.69 Å². The summed E-state index contributed by atoms with van der Waals surface area (Å²) in [6, 6.07) is 5.69. The van der Waals surface area contributed by atoms with Crippen molar-refractivity contribution in [1.29, 1.82) is 0 Å². The summed E-state index contributed by atoms with van der Waals surface area (Å²) in [6.45, 7) is 3.96. The van der Waals surface area contributed by atoms with E-state index >= 15 is 0 Å². The van der Waals surface area contributed by atoms with E-state index in [0.29, 0.717) is 11.6 Å². The summed E-state index contributed by atoms with van der Waals surface area (Å²) in [6.07, 6.45) is 2.78. The van der Waals surface area contributed by atoms with Crippen molar-refractivity contribution in [2.45, 2.75) is 32.2 Å². The minimum absolute atomic E-state index is 0. The number of carboxylic acids is 1. The molecule has 1 unspecified atom stereocenters. The fourth-order valence-corrected chi connectivity index (χ4v) is 3.37. The number of carbonyl (C=O) groups excluding carboxylic acids is 1. The van der Waals surface area contributed by atoms with Gasteiger partial charge in [0.25, 0.3) is 0 Å². The van der Waals surface area contributed by atoms with Crippen LogP contribution in [0.15, 0.2) is 18.2 Å². The maximum Gasteiger partial charge on any atom is 0.317 e. The monoisotopic (exact) mass is 403 g/mol. The van der Waals surface area contributed by atoms with Crippen LogP contribution in [0.1, 0.15) is 24.8 Å². The molecule has 1 fully saturated rings. The van der Waals surface area contributed by atoms with E-state index in [1.54, 1.807) is 12.1 Å². The summed E-state index contributed by atoms with van der Waals surface area (Å²) in [7, 11) is 1.85. The average molecular weight is 404 g/mol. The Balaban J connectivity index is 0.00000338. The van der Waals surface area contributed by atoms with E-state index < -0.39 is 5.97 Å². The van der Waals surface area contributed by atoms with Crippen molar-refractivity contribution in [3.63, 3.8) is 0 Å². The number of likely N-dealkylation sites (tertiary alicyclic amines) is 1. The zero-order valence-corrected chi connectivity index (χ0v) is 16.8. The normalized spacial score (nSPS) is 18.1. The first kappa shape index (κ1) is 22.7. The molecule has 1 heterocycles. The van der Waals surface area contributed by atoms with Crippen molar-refractivity contribution in [1.82, 2.24) is 9.80 Å². The van der Waals surface area contributed by atoms with Crippen LogP contribution < -0.4 is 5.32 Å². The fourth-order valence-electron chi connectivity index (χ4n) is 3.20. The predicted molar refractivity (Wildman–Crippen MR) is 106 cm³/mol. The van der Waals surface area contributed by atoms with E-state index in [9.17, 15) is 9.59 Å². The topological polar surface area (TPSA) is 72.9 Å². The number of carboxylic acid groups (broad SMARTS) is 1. The highest BCUT2D eigenvalue weighted by Gasteiger charge is 2.22. The van der Waals surface area contributed by atoms with Crippen LogP contribution in [0.3, 0.4) is 0 Å². The molecule has 1 amide bonds. The van der Waals surface area contributed by atoms with Crippen LogP contribution in [-0.4, -0.2) is 66.1 Å². The minimum Gasteiger partial charge on any atom is -0.480 e. The highest BCUT2D eigenvalue weighted by atomic mass is 35.5. The van der Waals surface area contributed by atoms with Crippen LogP contribution in [0.2, 0.25) is 5.02 Å². The second-order valence-electron chi connectivity index (χ2n) is 6.68. The van der Waals surface area contributed by atoms with Gasteiger partial charge in [-0.2, -0.15) is 0 Å². The Labute approximate surface area is 165 Å². The number of likely N-dealkylation sites (N-methyl/N-ethyl adjacent to an activating group) is 1. The standard InChI is InChI=1S/C18H26ClN3O3.ClH/c1-13-5-6-14(19)10-16(13)20-17(23)11-22-8-3-4-15(7-9-22)21(2)12-18(24)25;/h5-6,10,15H,3-4,7-9,11-12H2,1-2H3,(H,20,23)(H,24,25);1H. The number of anilines is 1. The van der Waals surface area contributed by atoms with Gasteiger partial charge in [-0.15, -0.1) is 12.4 Å². The number of nitrogens with one attached hydrogen (secondary N) is 1. The van der Waals surface area contributed by atoms with Gasteiger partial charge in [-0.05, 0) is 57.5 Å². The van der Waals surface area contributed by atoms with Gasteiger partial charge in [0.2, 0.25) is 5.91 Å². The number of aryl methyl sites for hydroxylation is 1. The molecule has 0 bridgehead atoms. The Bertz CT molecular complexity index is 628. The van der Waals surface area contributed by atoms with Crippen molar-refractivity contribution in [2.75, 3.05) is 38.5 Å². The summed E-state index contributed by atoms with van der Waals surface area (Å²) < 4.78 is 0. The Morgan fingerprint density at radius 3 is 2.77 bits per heavy atom. The fraction of sp³-hybridized carbons (Fsp3) is 0.556. The molecule has 0 saturated carbocycles. The molecular formula is C18H27Cl2N3O3. The van der Waals surface area contributed by atoms with Gasteiger partial charge in [0, 0.05) is 23.3 Å². The minimum atomic E-state index is -0.806. The molecule has 0 aliphatic carbocycles. The molecule has 146 valence electrons. The van der Waals surface area contributed by atoms with E-state index in [-0.39, 0.29) is 30.9 Å². The predicted octanol–water partition coefficient (Wildman–Crippen LogP) is 2.88. The first-order valence-corrected chi connectivity index (χ1v) is 8.93. The van der Waals surface area contributed by atoms with E-state index in [1.807, 2.05) is 24.9 Å². The summed E-state index contributed by atoms with van der Waals surface area (Å²) >= 11 is 5.99.